The maximum atomic E-state index is 12.8. The van der Waals surface area contributed by atoms with Gasteiger partial charge in [-0.3, -0.25) is 9.59 Å². The Morgan fingerprint density at radius 2 is 2.00 bits per heavy atom. The highest BCUT2D eigenvalue weighted by atomic mass is 16.5. The van der Waals surface area contributed by atoms with Crippen LogP contribution in [-0.4, -0.2) is 48.2 Å². The van der Waals surface area contributed by atoms with Crippen LogP contribution >= 0.6 is 0 Å². The van der Waals surface area contributed by atoms with E-state index < -0.39 is 11.4 Å². The Bertz CT molecular complexity index is 430. The van der Waals surface area contributed by atoms with Gasteiger partial charge >= 0.3 is 5.97 Å². The number of aliphatic carboxylic acids is 1. The predicted octanol–water partition coefficient (Wildman–Crippen LogP) is 1.52. The number of carboxylic acid groups (broad SMARTS) is 1. The maximum absolute atomic E-state index is 12.8. The summed E-state index contributed by atoms with van der Waals surface area (Å²) < 4.78 is 5.41. The highest BCUT2D eigenvalue weighted by Crippen LogP contribution is 2.45. The number of hydrogen-bond donors (Lipinski definition) is 1. The van der Waals surface area contributed by atoms with Crippen molar-refractivity contribution in [1.29, 1.82) is 0 Å². The standard InChI is InChI=1S/C15H23NO4/c1-14(5-2-3-6-14)12(17)16-8-11-4-7-20-10-15(11,9-16)13(18)19/h11H,2-10H2,1H3,(H,18,19)/t11-,15+/m0/s1. The Morgan fingerprint density at radius 3 is 2.60 bits per heavy atom. The molecule has 0 aromatic carbocycles. The molecule has 3 rings (SSSR count). The first kappa shape index (κ1) is 13.9. The van der Waals surface area contributed by atoms with Crippen molar-refractivity contribution in [2.75, 3.05) is 26.3 Å². The molecule has 2 atom stereocenters. The first-order valence-electron chi connectivity index (χ1n) is 7.58. The topological polar surface area (TPSA) is 66.8 Å². The zero-order chi connectivity index (χ0) is 14.4. The quantitative estimate of drug-likeness (QED) is 0.833. The van der Waals surface area contributed by atoms with Gasteiger partial charge in [-0.2, -0.15) is 0 Å². The second-order valence-electron chi connectivity index (χ2n) is 6.95. The van der Waals surface area contributed by atoms with E-state index in [-0.39, 0.29) is 23.8 Å². The fourth-order valence-electron chi connectivity index (χ4n) is 4.20. The van der Waals surface area contributed by atoms with Gasteiger partial charge in [0, 0.05) is 25.1 Å². The van der Waals surface area contributed by atoms with Crippen molar-refractivity contribution in [2.45, 2.75) is 39.0 Å². The summed E-state index contributed by atoms with van der Waals surface area (Å²) in [7, 11) is 0. The molecule has 0 bridgehead atoms. The Hall–Kier alpha value is -1.10. The second kappa shape index (κ2) is 4.72. The van der Waals surface area contributed by atoms with E-state index in [1.807, 2.05) is 6.92 Å². The number of amides is 1. The molecule has 2 aliphatic heterocycles. The van der Waals surface area contributed by atoms with Crippen molar-refractivity contribution in [3.63, 3.8) is 0 Å². The minimum atomic E-state index is -0.872. The predicted molar refractivity (Wildman–Crippen MR) is 72.1 cm³/mol. The van der Waals surface area contributed by atoms with Gasteiger partial charge in [0.25, 0.3) is 0 Å². The number of ether oxygens (including phenoxy) is 1. The summed E-state index contributed by atoms with van der Waals surface area (Å²) in [6.07, 6.45) is 4.82. The summed E-state index contributed by atoms with van der Waals surface area (Å²) in [4.78, 5) is 26.3. The average Bonchev–Trinajstić information content (AvgIpc) is 3.02. The molecule has 0 aromatic rings. The highest BCUT2D eigenvalue weighted by molar-refractivity contribution is 5.85. The molecule has 0 unspecified atom stereocenters. The molecular weight excluding hydrogens is 258 g/mol. The Morgan fingerprint density at radius 1 is 1.30 bits per heavy atom. The number of carbonyl (C=O) groups excluding carboxylic acids is 1. The monoisotopic (exact) mass is 281 g/mol. The molecule has 5 nitrogen and oxygen atoms in total. The van der Waals surface area contributed by atoms with Crippen LogP contribution in [0.5, 0.6) is 0 Å². The molecule has 5 heteroatoms. The zero-order valence-electron chi connectivity index (χ0n) is 12.1. The average molecular weight is 281 g/mol. The first-order chi connectivity index (χ1) is 9.48. The normalized spacial score (nSPS) is 35.9. The van der Waals surface area contributed by atoms with Gasteiger partial charge in [0.15, 0.2) is 0 Å². The Balaban J connectivity index is 1.80. The summed E-state index contributed by atoms with van der Waals surface area (Å²) in [6.45, 7) is 3.80. The van der Waals surface area contributed by atoms with E-state index in [4.69, 9.17) is 4.74 Å². The lowest BCUT2D eigenvalue weighted by Crippen LogP contribution is -2.47. The van der Waals surface area contributed by atoms with Crippen LogP contribution in [0, 0.1) is 16.7 Å². The molecule has 3 fully saturated rings. The largest absolute Gasteiger partial charge is 0.481 e. The van der Waals surface area contributed by atoms with Gasteiger partial charge in [0.1, 0.15) is 5.41 Å². The van der Waals surface area contributed by atoms with Crippen LogP contribution in [0.3, 0.4) is 0 Å². The molecule has 0 radical (unpaired) electrons. The maximum Gasteiger partial charge on any atom is 0.314 e. The summed E-state index contributed by atoms with van der Waals surface area (Å²) in [5.41, 5.74) is -1.14. The van der Waals surface area contributed by atoms with E-state index in [0.29, 0.717) is 19.7 Å². The van der Waals surface area contributed by atoms with E-state index in [0.717, 1.165) is 32.1 Å². The Kier molecular flexibility index (Phi) is 3.27. The van der Waals surface area contributed by atoms with Crippen LogP contribution in [0.4, 0.5) is 0 Å². The fourth-order valence-corrected chi connectivity index (χ4v) is 4.20. The SMILES string of the molecule is CC1(C(=O)N2C[C@@H]3CCOC[C@]3(C(=O)O)C2)CCCC1. The van der Waals surface area contributed by atoms with E-state index in [2.05, 4.69) is 0 Å². The zero-order valence-corrected chi connectivity index (χ0v) is 12.1. The molecule has 20 heavy (non-hydrogen) atoms. The van der Waals surface area contributed by atoms with Crippen LogP contribution in [-0.2, 0) is 14.3 Å². The van der Waals surface area contributed by atoms with Gasteiger partial charge < -0.3 is 14.7 Å². The lowest BCUT2D eigenvalue weighted by Gasteiger charge is -2.34. The number of hydrogen-bond acceptors (Lipinski definition) is 3. The molecule has 1 amide bonds. The van der Waals surface area contributed by atoms with Crippen LogP contribution < -0.4 is 0 Å². The lowest BCUT2D eigenvalue weighted by molar-refractivity contribution is -0.160. The third-order valence-electron chi connectivity index (χ3n) is 5.60. The molecular formula is C15H23NO4. The lowest BCUT2D eigenvalue weighted by atomic mass is 9.76. The van der Waals surface area contributed by atoms with Crippen LogP contribution in [0.1, 0.15) is 39.0 Å². The molecule has 2 saturated heterocycles. The molecule has 112 valence electrons. The molecule has 0 aromatic heterocycles. The van der Waals surface area contributed by atoms with E-state index in [1.165, 1.54) is 0 Å². The number of nitrogens with zero attached hydrogens (tertiary/aromatic N) is 1. The van der Waals surface area contributed by atoms with Crippen LogP contribution in [0.2, 0.25) is 0 Å². The summed E-state index contributed by atoms with van der Waals surface area (Å²) in [5.74, 6) is -0.609. The van der Waals surface area contributed by atoms with E-state index in [1.54, 1.807) is 4.90 Å². The number of rotatable bonds is 2. The summed E-state index contributed by atoms with van der Waals surface area (Å²) >= 11 is 0. The number of fused-ring (bicyclic) bond motifs is 1. The van der Waals surface area contributed by atoms with Crippen molar-refractivity contribution in [2.24, 2.45) is 16.7 Å². The van der Waals surface area contributed by atoms with E-state index in [9.17, 15) is 14.7 Å². The van der Waals surface area contributed by atoms with Gasteiger partial charge in [0.05, 0.1) is 6.61 Å². The van der Waals surface area contributed by atoms with Gasteiger partial charge in [-0.25, -0.2) is 0 Å². The number of carbonyl (C=O) groups is 2. The summed E-state index contributed by atoms with van der Waals surface area (Å²) in [6, 6.07) is 0. The molecule has 1 N–H and O–H groups in total. The molecule has 1 aliphatic carbocycles. The minimum absolute atomic E-state index is 0.0442. The first-order valence-corrected chi connectivity index (χ1v) is 7.58. The van der Waals surface area contributed by atoms with Crippen molar-refractivity contribution in [1.82, 2.24) is 4.90 Å². The molecule has 3 aliphatic rings. The molecule has 0 spiro atoms. The van der Waals surface area contributed by atoms with Gasteiger partial charge in [-0.1, -0.05) is 19.8 Å². The highest BCUT2D eigenvalue weighted by Gasteiger charge is 2.56. The van der Waals surface area contributed by atoms with Crippen LogP contribution in [0.25, 0.3) is 0 Å². The smallest absolute Gasteiger partial charge is 0.314 e. The van der Waals surface area contributed by atoms with E-state index >= 15 is 0 Å². The van der Waals surface area contributed by atoms with Crippen molar-refractivity contribution in [3.05, 3.63) is 0 Å². The number of likely N-dealkylation sites (tertiary alicyclic amines) is 1. The Labute approximate surface area is 119 Å². The van der Waals surface area contributed by atoms with Crippen molar-refractivity contribution >= 4 is 11.9 Å². The van der Waals surface area contributed by atoms with Crippen LogP contribution in [0.15, 0.2) is 0 Å². The van der Waals surface area contributed by atoms with Crippen molar-refractivity contribution in [3.8, 4) is 0 Å². The third-order valence-corrected chi connectivity index (χ3v) is 5.60. The number of carboxylic acids is 1. The van der Waals surface area contributed by atoms with Gasteiger partial charge in [-0.15, -0.1) is 0 Å². The minimum Gasteiger partial charge on any atom is -0.481 e. The molecule has 2 heterocycles. The van der Waals surface area contributed by atoms with Gasteiger partial charge in [-0.05, 0) is 25.2 Å². The fraction of sp³-hybridized carbons (Fsp3) is 0.867. The second-order valence-corrected chi connectivity index (χ2v) is 6.95. The molecule has 1 saturated carbocycles. The third kappa shape index (κ3) is 1.94. The van der Waals surface area contributed by atoms with Gasteiger partial charge in [0.2, 0.25) is 5.91 Å². The summed E-state index contributed by atoms with van der Waals surface area (Å²) in [5, 5.41) is 9.61. The van der Waals surface area contributed by atoms with Crippen molar-refractivity contribution < 1.29 is 19.4 Å².